The smallest absolute Gasteiger partial charge is 0.165 e. The predicted octanol–water partition coefficient (Wildman–Crippen LogP) is 3.32. The minimum atomic E-state index is -0.424. The minimum Gasteiger partial charge on any atom is -0.398 e. The van der Waals surface area contributed by atoms with Crippen molar-refractivity contribution in [2.75, 3.05) is 5.73 Å². The molecule has 2 N–H and O–H groups in total. The molecule has 0 heterocycles. The Hall–Kier alpha value is -2.16. The lowest BCUT2D eigenvalue weighted by Crippen LogP contribution is -2.20. The summed E-state index contributed by atoms with van der Waals surface area (Å²) in [6.45, 7) is 0. The molecule has 0 saturated heterocycles. The number of nitrogens with two attached hydrogens (primary N) is 1. The van der Waals surface area contributed by atoms with Crippen LogP contribution in [0.4, 0.5) is 10.1 Å². The van der Waals surface area contributed by atoms with Gasteiger partial charge in [0.05, 0.1) is 0 Å². The highest BCUT2D eigenvalue weighted by Gasteiger charge is 2.28. The summed E-state index contributed by atoms with van der Waals surface area (Å²) in [6.07, 6.45) is 1.31. The molecule has 0 spiro atoms. The van der Waals surface area contributed by atoms with E-state index in [1.165, 1.54) is 29.3 Å². The molecule has 1 aliphatic carbocycles. The normalized spacial score (nSPS) is 16.6. The molecule has 0 bridgehead atoms. The van der Waals surface area contributed by atoms with Gasteiger partial charge in [0, 0.05) is 17.7 Å². The van der Waals surface area contributed by atoms with Crippen molar-refractivity contribution in [3.8, 4) is 0 Å². The van der Waals surface area contributed by atoms with Crippen LogP contribution in [0.5, 0.6) is 0 Å². The maximum Gasteiger partial charge on any atom is 0.165 e. The molecule has 0 fully saturated rings. The number of benzene rings is 2. The summed E-state index contributed by atoms with van der Waals surface area (Å²) in [7, 11) is 0. The highest BCUT2D eigenvalue weighted by Crippen LogP contribution is 2.38. The van der Waals surface area contributed by atoms with Crippen molar-refractivity contribution >= 4 is 11.5 Å². The lowest BCUT2D eigenvalue weighted by molar-refractivity contribution is 0.0971. The van der Waals surface area contributed by atoms with Gasteiger partial charge in [-0.3, -0.25) is 4.79 Å². The van der Waals surface area contributed by atoms with Crippen LogP contribution in [0.15, 0.2) is 42.5 Å². The molecule has 0 radical (unpaired) electrons. The molecule has 3 heteroatoms. The predicted molar refractivity (Wildman–Crippen MR) is 72.6 cm³/mol. The fourth-order valence-corrected chi connectivity index (χ4v) is 2.65. The van der Waals surface area contributed by atoms with E-state index in [4.69, 9.17) is 5.73 Å². The largest absolute Gasteiger partial charge is 0.398 e. The van der Waals surface area contributed by atoms with Gasteiger partial charge >= 0.3 is 0 Å². The molecular formula is C16H14FNO. The summed E-state index contributed by atoms with van der Waals surface area (Å²) in [5, 5.41) is 0. The summed E-state index contributed by atoms with van der Waals surface area (Å²) in [5.41, 5.74) is 8.90. The Morgan fingerprint density at radius 1 is 1.26 bits per heavy atom. The van der Waals surface area contributed by atoms with Crippen molar-refractivity contribution in [2.45, 2.75) is 18.8 Å². The Labute approximate surface area is 111 Å². The summed E-state index contributed by atoms with van der Waals surface area (Å²) in [5.74, 6) is -0.269. The van der Waals surface area contributed by atoms with E-state index in [9.17, 15) is 9.18 Å². The van der Waals surface area contributed by atoms with Gasteiger partial charge in [-0.15, -0.1) is 0 Å². The van der Waals surface area contributed by atoms with E-state index < -0.39 is 5.82 Å². The SMILES string of the molecule is Nc1ccc(F)cc1C(=O)CC1Cc2ccccc21. The molecule has 0 amide bonds. The number of Topliss-reactive ketones (excluding diaryl/α,β-unsaturated/α-hetero) is 1. The highest BCUT2D eigenvalue weighted by atomic mass is 19.1. The number of rotatable bonds is 3. The Morgan fingerprint density at radius 2 is 2.05 bits per heavy atom. The van der Waals surface area contributed by atoms with Gasteiger partial charge in [0.25, 0.3) is 0 Å². The number of nitrogen functional groups attached to an aromatic ring is 1. The van der Waals surface area contributed by atoms with Crippen molar-refractivity contribution in [1.82, 2.24) is 0 Å². The minimum absolute atomic E-state index is 0.0866. The van der Waals surface area contributed by atoms with Gasteiger partial charge in [-0.05, 0) is 41.7 Å². The van der Waals surface area contributed by atoms with Crippen LogP contribution >= 0.6 is 0 Å². The molecule has 2 aromatic rings. The highest BCUT2D eigenvalue weighted by molar-refractivity contribution is 6.01. The summed E-state index contributed by atoms with van der Waals surface area (Å²) >= 11 is 0. The first-order valence-corrected chi connectivity index (χ1v) is 6.31. The second kappa shape index (κ2) is 4.50. The van der Waals surface area contributed by atoms with Gasteiger partial charge < -0.3 is 5.73 Å². The molecule has 19 heavy (non-hydrogen) atoms. The molecule has 0 aromatic heterocycles. The van der Waals surface area contributed by atoms with Gasteiger partial charge in [-0.1, -0.05) is 24.3 Å². The van der Waals surface area contributed by atoms with E-state index in [0.717, 1.165) is 6.42 Å². The van der Waals surface area contributed by atoms with Crippen molar-refractivity contribution in [2.24, 2.45) is 0 Å². The average Bonchev–Trinajstić information content (AvgIpc) is 2.38. The number of anilines is 1. The quantitative estimate of drug-likeness (QED) is 0.675. The Morgan fingerprint density at radius 3 is 2.84 bits per heavy atom. The van der Waals surface area contributed by atoms with E-state index in [1.54, 1.807) is 0 Å². The summed E-state index contributed by atoms with van der Waals surface area (Å²) < 4.78 is 13.2. The summed E-state index contributed by atoms with van der Waals surface area (Å²) in [6, 6.07) is 12.0. The third-order valence-corrected chi connectivity index (χ3v) is 3.71. The fourth-order valence-electron chi connectivity index (χ4n) is 2.65. The summed E-state index contributed by atoms with van der Waals surface area (Å²) in [4.78, 5) is 12.2. The Kier molecular flexibility index (Phi) is 2.82. The van der Waals surface area contributed by atoms with Gasteiger partial charge in [-0.25, -0.2) is 4.39 Å². The zero-order valence-electron chi connectivity index (χ0n) is 10.4. The molecular weight excluding hydrogens is 241 g/mol. The first-order valence-electron chi connectivity index (χ1n) is 6.31. The van der Waals surface area contributed by atoms with Crippen LogP contribution in [0.25, 0.3) is 0 Å². The van der Waals surface area contributed by atoms with E-state index in [-0.39, 0.29) is 11.7 Å². The Bertz CT molecular complexity index is 651. The van der Waals surface area contributed by atoms with Gasteiger partial charge in [0.2, 0.25) is 0 Å². The average molecular weight is 255 g/mol. The molecule has 96 valence electrons. The van der Waals surface area contributed by atoms with Crippen molar-refractivity contribution < 1.29 is 9.18 Å². The first-order chi connectivity index (χ1) is 9.15. The number of hydrogen-bond donors (Lipinski definition) is 1. The maximum absolute atomic E-state index is 13.2. The number of hydrogen-bond acceptors (Lipinski definition) is 2. The van der Waals surface area contributed by atoms with Gasteiger partial charge in [0.15, 0.2) is 5.78 Å². The topological polar surface area (TPSA) is 43.1 Å². The molecule has 1 atom stereocenters. The molecule has 0 aliphatic heterocycles. The number of ketones is 1. The lowest BCUT2D eigenvalue weighted by Gasteiger charge is -2.29. The molecule has 1 unspecified atom stereocenters. The molecule has 2 aromatic carbocycles. The molecule has 0 saturated carbocycles. The van der Waals surface area contributed by atoms with Gasteiger partial charge in [-0.2, -0.15) is 0 Å². The zero-order valence-corrected chi connectivity index (χ0v) is 10.4. The second-order valence-corrected chi connectivity index (χ2v) is 4.96. The van der Waals surface area contributed by atoms with E-state index in [1.807, 2.05) is 18.2 Å². The third kappa shape index (κ3) is 2.12. The van der Waals surface area contributed by atoms with Crippen LogP contribution in [-0.2, 0) is 6.42 Å². The van der Waals surface area contributed by atoms with Crippen LogP contribution in [0, 0.1) is 5.82 Å². The Balaban J connectivity index is 1.79. The standard InChI is InChI=1S/C16H14FNO/c17-12-5-6-15(18)14(9-12)16(19)8-11-7-10-3-1-2-4-13(10)11/h1-6,9,11H,7-8,18H2. The van der Waals surface area contributed by atoms with Crippen molar-refractivity contribution in [3.05, 3.63) is 65.0 Å². The number of halogens is 1. The number of carbonyl (C=O) groups is 1. The van der Waals surface area contributed by atoms with E-state index >= 15 is 0 Å². The van der Waals surface area contributed by atoms with Crippen LogP contribution in [0.2, 0.25) is 0 Å². The van der Waals surface area contributed by atoms with Crippen molar-refractivity contribution in [3.63, 3.8) is 0 Å². The first kappa shape index (κ1) is 11.9. The van der Waals surface area contributed by atoms with Crippen LogP contribution in [0.1, 0.15) is 33.8 Å². The number of fused-ring (bicyclic) bond motifs is 1. The fraction of sp³-hybridized carbons (Fsp3) is 0.188. The van der Waals surface area contributed by atoms with E-state index in [2.05, 4.69) is 6.07 Å². The second-order valence-electron chi connectivity index (χ2n) is 4.96. The van der Waals surface area contributed by atoms with E-state index in [0.29, 0.717) is 17.7 Å². The van der Waals surface area contributed by atoms with Crippen molar-refractivity contribution in [1.29, 1.82) is 0 Å². The number of carbonyl (C=O) groups excluding carboxylic acids is 1. The lowest BCUT2D eigenvalue weighted by atomic mass is 9.74. The maximum atomic E-state index is 13.2. The zero-order chi connectivity index (χ0) is 13.4. The molecule has 3 rings (SSSR count). The van der Waals surface area contributed by atoms with Crippen LogP contribution < -0.4 is 5.73 Å². The molecule has 2 nitrogen and oxygen atoms in total. The van der Waals surface area contributed by atoms with Crippen LogP contribution in [0.3, 0.4) is 0 Å². The monoisotopic (exact) mass is 255 g/mol. The molecule has 1 aliphatic rings. The van der Waals surface area contributed by atoms with Gasteiger partial charge in [0.1, 0.15) is 5.82 Å². The third-order valence-electron chi connectivity index (χ3n) is 3.71. The van der Waals surface area contributed by atoms with Crippen LogP contribution in [-0.4, -0.2) is 5.78 Å².